The van der Waals surface area contributed by atoms with Crippen molar-refractivity contribution in [1.29, 1.82) is 0 Å². The fourth-order valence-electron chi connectivity index (χ4n) is 2.22. The molecule has 0 aliphatic carbocycles. The van der Waals surface area contributed by atoms with E-state index < -0.39 is 0 Å². The molecule has 0 saturated heterocycles. The van der Waals surface area contributed by atoms with Crippen molar-refractivity contribution >= 4 is 5.69 Å². The van der Waals surface area contributed by atoms with Gasteiger partial charge in [0.2, 0.25) is 0 Å². The Bertz CT molecular complexity index is 450. The summed E-state index contributed by atoms with van der Waals surface area (Å²) in [5.74, 6) is 0.967. The third kappa shape index (κ3) is 2.50. The van der Waals surface area contributed by atoms with Crippen LogP contribution in [0.15, 0.2) is 0 Å². The Balaban J connectivity index is 2.63. The Kier molecular flexibility index (Phi) is 3.12. The van der Waals surface area contributed by atoms with Gasteiger partial charge in [0.15, 0.2) is 0 Å². The lowest BCUT2D eigenvalue weighted by molar-refractivity contribution is 0.508. The predicted molar refractivity (Wildman–Crippen MR) is 76.2 cm³/mol. The van der Waals surface area contributed by atoms with E-state index in [2.05, 4.69) is 46.9 Å². The molecule has 2 heterocycles. The second kappa shape index (κ2) is 4.22. The summed E-state index contributed by atoms with van der Waals surface area (Å²) in [6.45, 7) is 14.2. The van der Waals surface area contributed by atoms with E-state index in [1.165, 1.54) is 11.4 Å². The van der Waals surface area contributed by atoms with Crippen LogP contribution in [0.4, 0.5) is 5.69 Å². The van der Waals surface area contributed by atoms with E-state index >= 15 is 0 Å². The Hall–Kier alpha value is -1.12. The smallest absolute Gasteiger partial charge is 0.134 e. The van der Waals surface area contributed by atoms with Crippen LogP contribution in [0.3, 0.4) is 0 Å². The highest BCUT2D eigenvalue weighted by Gasteiger charge is 2.28. The minimum atomic E-state index is 0.00643. The summed E-state index contributed by atoms with van der Waals surface area (Å²) >= 11 is 0. The molecule has 100 valence electrons. The summed E-state index contributed by atoms with van der Waals surface area (Å²) in [7, 11) is 0. The number of fused-ring (bicyclic) bond motifs is 1. The summed E-state index contributed by atoms with van der Waals surface area (Å²) in [5, 5.41) is 3.49. The molecule has 1 aliphatic rings. The molecular weight excluding hydrogens is 222 g/mol. The lowest BCUT2D eigenvalue weighted by Gasteiger charge is -2.29. The molecule has 1 aromatic rings. The number of rotatable bonds is 0. The quantitative estimate of drug-likeness (QED) is 0.763. The van der Waals surface area contributed by atoms with Gasteiger partial charge in [0, 0.05) is 17.4 Å². The molecule has 1 N–H and O–H groups in total. The zero-order valence-corrected chi connectivity index (χ0v) is 12.5. The first kappa shape index (κ1) is 13.3. The molecule has 0 fully saturated rings. The predicted octanol–water partition coefficient (Wildman–Crippen LogP) is 3.43. The van der Waals surface area contributed by atoms with Crippen LogP contribution in [-0.4, -0.2) is 16.5 Å². The Morgan fingerprint density at radius 1 is 0.944 bits per heavy atom. The SMILES string of the molecule is CC(C)(C)c1nc2c(c(C(C)(C)C)n1)NCCC2. The van der Waals surface area contributed by atoms with E-state index in [0.29, 0.717) is 0 Å². The Labute approximate surface area is 110 Å². The van der Waals surface area contributed by atoms with E-state index in [-0.39, 0.29) is 10.8 Å². The van der Waals surface area contributed by atoms with Gasteiger partial charge in [-0.15, -0.1) is 0 Å². The largest absolute Gasteiger partial charge is 0.382 e. The van der Waals surface area contributed by atoms with Crippen molar-refractivity contribution in [2.24, 2.45) is 0 Å². The number of nitrogens with one attached hydrogen (secondary N) is 1. The first-order chi connectivity index (χ1) is 8.19. The van der Waals surface area contributed by atoms with Gasteiger partial charge in [-0.2, -0.15) is 0 Å². The Morgan fingerprint density at radius 2 is 1.61 bits per heavy atom. The maximum atomic E-state index is 4.85. The molecule has 0 aromatic carbocycles. The van der Waals surface area contributed by atoms with Crippen molar-refractivity contribution in [3.8, 4) is 0 Å². The third-order valence-electron chi connectivity index (χ3n) is 3.26. The summed E-state index contributed by atoms with van der Waals surface area (Å²) in [6, 6.07) is 0. The lowest BCUT2D eigenvalue weighted by atomic mass is 9.87. The van der Waals surface area contributed by atoms with Gasteiger partial charge in [0.1, 0.15) is 5.82 Å². The normalized spacial score (nSPS) is 16.1. The van der Waals surface area contributed by atoms with Crippen LogP contribution in [0.2, 0.25) is 0 Å². The Morgan fingerprint density at radius 3 is 2.17 bits per heavy atom. The van der Waals surface area contributed by atoms with E-state index in [1.54, 1.807) is 0 Å². The van der Waals surface area contributed by atoms with Crippen LogP contribution in [0.25, 0.3) is 0 Å². The second-order valence-electron chi connectivity index (χ2n) is 7.25. The molecule has 0 bridgehead atoms. The standard InChI is InChI=1S/C15H25N3/c1-14(2,3)12-11-10(8-7-9-16-11)17-13(18-12)15(4,5)6/h16H,7-9H2,1-6H3. The molecule has 18 heavy (non-hydrogen) atoms. The average Bonchev–Trinajstić information content (AvgIpc) is 2.25. The minimum absolute atomic E-state index is 0.00643. The molecule has 2 rings (SSSR count). The molecule has 3 heteroatoms. The average molecular weight is 247 g/mol. The van der Waals surface area contributed by atoms with Crippen molar-refractivity contribution in [3.63, 3.8) is 0 Å². The molecular formula is C15H25N3. The molecule has 0 amide bonds. The number of hydrogen-bond donors (Lipinski definition) is 1. The highest BCUT2D eigenvalue weighted by molar-refractivity contribution is 5.56. The van der Waals surface area contributed by atoms with E-state index in [4.69, 9.17) is 9.97 Å². The van der Waals surface area contributed by atoms with Gasteiger partial charge in [-0.3, -0.25) is 0 Å². The van der Waals surface area contributed by atoms with Gasteiger partial charge in [-0.25, -0.2) is 9.97 Å². The fraction of sp³-hybridized carbons (Fsp3) is 0.733. The number of anilines is 1. The third-order valence-corrected chi connectivity index (χ3v) is 3.26. The van der Waals surface area contributed by atoms with Crippen LogP contribution in [0.5, 0.6) is 0 Å². The van der Waals surface area contributed by atoms with Crippen molar-refractivity contribution in [1.82, 2.24) is 9.97 Å². The van der Waals surface area contributed by atoms with Crippen LogP contribution >= 0.6 is 0 Å². The van der Waals surface area contributed by atoms with Crippen molar-refractivity contribution < 1.29 is 0 Å². The molecule has 0 spiro atoms. The number of hydrogen-bond acceptors (Lipinski definition) is 3. The molecule has 0 radical (unpaired) electrons. The summed E-state index contributed by atoms with van der Waals surface area (Å²) in [5.41, 5.74) is 3.61. The summed E-state index contributed by atoms with van der Waals surface area (Å²) < 4.78 is 0. The first-order valence-electron chi connectivity index (χ1n) is 6.85. The topological polar surface area (TPSA) is 37.8 Å². The molecule has 0 saturated carbocycles. The second-order valence-corrected chi connectivity index (χ2v) is 7.25. The van der Waals surface area contributed by atoms with Gasteiger partial charge in [-0.1, -0.05) is 41.5 Å². The highest BCUT2D eigenvalue weighted by atomic mass is 15.0. The van der Waals surface area contributed by atoms with Crippen molar-refractivity contribution in [3.05, 3.63) is 17.2 Å². The number of aromatic nitrogens is 2. The van der Waals surface area contributed by atoms with E-state index in [0.717, 1.165) is 30.9 Å². The highest BCUT2D eigenvalue weighted by Crippen LogP contribution is 2.34. The molecule has 0 atom stereocenters. The van der Waals surface area contributed by atoms with Crippen LogP contribution in [0, 0.1) is 0 Å². The molecule has 1 aliphatic heterocycles. The van der Waals surface area contributed by atoms with E-state index in [1.807, 2.05) is 0 Å². The van der Waals surface area contributed by atoms with Gasteiger partial charge < -0.3 is 5.32 Å². The monoisotopic (exact) mass is 247 g/mol. The van der Waals surface area contributed by atoms with Gasteiger partial charge in [0.25, 0.3) is 0 Å². The van der Waals surface area contributed by atoms with Gasteiger partial charge >= 0.3 is 0 Å². The fourth-order valence-corrected chi connectivity index (χ4v) is 2.22. The van der Waals surface area contributed by atoms with Crippen molar-refractivity contribution in [2.45, 2.75) is 65.2 Å². The van der Waals surface area contributed by atoms with E-state index in [9.17, 15) is 0 Å². The molecule has 3 nitrogen and oxygen atoms in total. The number of nitrogens with zero attached hydrogens (tertiary/aromatic N) is 2. The van der Waals surface area contributed by atoms with Crippen LogP contribution in [0.1, 0.15) is 65.2 Å². The van der Waals surface area contributed by atoms with Gasteiger partial charge in [-0.05, 0) is 12.8 Å². The molecule has 0 unspecified atom stereocenters. The summed E-state index contributed by atoms with van der Waals surface area (Å²) in [6.07, 6.45) is 2.23. The zero-order chi connectivity index (χ0) is 13.6. The lowest BCUT2D eigenvalue weighted by Crippen LogP contribution is -2.27. The molecule has 1 aromatic heterocycles. The minimum Gasteiger partial charge on any atom is -0.382 e. The summed E-state index contributed by atoms with van der Waals surface area (Å²) in [4.78, 5) is 9.64. The van der Waals surface area contributed by atoms with Crippen LogP contribution < -0.4 is 5.32 Å². The number of aryl methyl sites for hydroxylation is 1. The van der Waals surface area contributed by atoms with Gasteiger partial charge in [0.05, 0.1) is 17.1 Å². The van der Waals surface area contributed by atoms with Crippen LogP contribution in [-0.2, 0) is 17.3 Å². The van der Waals surface area contributed by atoms with Crippen molar-refractivity contribution in [2.75, 3.05) is 11.9 Å². The zero-order valence-electron chi connectivity index (χ0n) is 12.5. The maximum Gasteiger partial charge on any atom is 0.134 e. The maximum absolute atomic E-state index is 4.85. The first-order valence-corrected chi connectivity index (χ1v) is 6.85.